The number of carbonyl (C=O) groups is 2. The number of hydrogen-bond donors (Lipinski definition) is 0. The van der Waals surface area contributed by atoms with Crippen molar-refractivity contribution in [2.24, 2.45) is 5.92 Å². The Labute approximate surface area is 182 Å². The minimum atomic E-state index is -0.121. The Hall–Kier alpha value is -2.34. The molecule has 0 radical (unpaired) electrons. The maximum Gasteiger partial charge on any atom is 0.242 e. The van der Waals surface area contributed by atoms with Crippen LogP contribution in [0.25, 0.3) is 0 Å². The van der Waals surface area contributed by atoms with Crippen molar-refractivity contribution in [2.75, 3.05) is 19.7 Å². The van der Waals surface area contributed by atoms with Gasteiger partial charge in [-0.25, -0.2) is 0 Å². The number of aryl methyl sites for hydroxylation is 1. The molecule has 1 aromatic heterocycles. The van der Waals surface area contributed by atoms with Crippen LogP contribution in [0.1, 0.15) is 48.7 Å². The molecule has 1 aliphatic carbocycles. The molecule has 1 aliphatic heterocycles. The molecule has 0 unspecified atom stereocenters. The Morgan fingerprint density at radius 3 is 2.60 bits per heavy atom. The van der Waals surface area contributed by atoms with E-state index < -0.39 is 0 Å². The van der Waals surface area contributed by atoms with E-state index in [1.807, 2.05) is 49.9 Å². The zero-order chi connectivity index (χ0) is 21.3. The molecule has 1 aromatic carbocycles. The minimum Gasteiger partial charge on any atom is -0.491 e. The van der Waals surface area contributed by atoms with Gasteiger partial charge in [0.05, 0.1) is 6.04 Å². The van der Waals surface area contributed by atoms with Crippen LogP contribution in [-0.4, -0.2) is 47.4 Å². The molecule has 0 N–H and O–H groups in total. The first kappa shape index (κ1) is 20.9. The van der Waals surface area contributed by atoms with Crippen LogP contribution in [0.2, 0.25) is 0 Å². The molecule has 1 atom stereocenters. The fourth-order valence-corrected chi connectivity index (χ4v) is 4.95. The first-order chi connectivity index (χ1) is 14.4. The summed E-state index contributed by atoms with van der Waals surface area (Å²) in [6, 6.07) is 10.2. The number of benzene rings is 1. The van der Waals surface area contributed by atoms with E-state index in [0.29, 0.717) is 13.2 Å². The van der Waals surface area contributed by atoms with Crippen LogP contribution >= 0.6 is 11.3 Å². The van der Waals surface area contributed by atoms with Crippen LogP contribution in [0.3, 0.4) is 0 Å². The van der Waals surface area contributed by atoms with Gasteiger partial charge < -0.3 is 14.5 Å². The van der Waals surface area contributed by atoms with E-state index in [2.05, 4.69) is 11.4 Å². The third-order valence-electron chi connectivity index (χ3n) is 5.91. The maximum absolute atomic E-state index is 13.3. The molecular weight excluding hydrogens is 396 g/mol. The highest BCUT2D eigenvalue weighted by Crippen LogP contribution is 2.35. The van der Waals surface area contributed by atoms with E-state index in [1.54, 1.807) is 16.2 Å². The number of carbonyl (C=O) groups excluding carboxylic acids is 2. The Morgan fingerprint density at radius 1 is 1.20 bits per heavy atom. The summed E-state index contributed by atoms with van der Waals surface area (Å²) < 4.78 is 6.09. The zero-order valence-electron chi connectivity index (χ0n) is 18.0. The van der Waals surface area contributed by atoms with Gasteiger partial charge in [0.15, 0.2) is 0 Å². The highest BCUT2D eigenvalue weighted by atomic mass is 32.1. The Balaban J connectivity index is 1.50. The van der Waals surface area contributed by atoms with Crippen LogP contribution in [0.5, 0.6) is 5.75 Å². The number of fused-ring (bicyclic) bond motifs is 1. The lowest BCUT2D eigenvalue weighted by Gasteiger charge is -2.37. The average Bonchev–Trinajstić information content (AvgIpc) is 3.46. The molecule has 0 saturated heterocycles. The molecule has 160 valence electrons. The molecule has 2 amide bonds. The number of amides is 2. The van der Waals surface area contributed by atoms with E-state index in [0.717, 1.165) is 25.0 Å². The summed E-state index contributed by atoms with van der Waals surface area (Å²) in [5.74, 6) is 0.811. The van der Waals surface area contributed by atoms with E-state index in [4.69, 9.17) is 4.74 Å². The van der Waals surface area contributed by atoms with E-state index in [-0.39, 0.29) is 36.4 Å². The first-order valence-corrected chi connectivity index (χ1v) is 11.7. The number of ether oxygens (including phenoxy) is 1. The number of rotatable bonds is 7. The Bertz CT molecular complexity index is 901. The highest BCUT2D eigenvalue weighted by Gasteiger charge is 2.38. The predicted octanol–water partition coefficient (Wildman–Crippen LogP) is 4.21. The SMILES string of the molecule is Cc1ccc(OC[C@H]2c3ccsc3CCN2C(=O)CN(C(=O)C(C)C)C2CC2)cc1. The van der Waals surface area contributed by atoms with E-state index in [9.17, 15) is 9.59 Å². The Morgan fingerprint density at radius 2 is 1.93 bits per heavy atom. The van der Waals surface area contributed by atoms with E-state index in [1.165, 1.54) is 16.0 Å². The van der Waals surface area contributed by atoms with Crippen molar-refractivity contribution in [3.05, 3.63) is 51.7 Å². The third-order valence-corrected chi connectivity index (χ3v) is 6.91. The van der Waals surface area contributed by atoms with Gasteiger partial charge in [-0.15, -0.1) is 11.3 Å². The summed E-state index contributed by atoms with van der Waals surface area (Å²) in [7, 11) is 0. The van der Waals surface area contributed by atoms with Crippen LogP contribution in [0, 0.1) is 12.8 Å². The zero-order valence-corrected chi connectivity index (χ0v) is 18.8. The van der Waals surface area contributed by atoms with Crippen LogP contribution in [-0.2, 0) is 16.0 Å². The number of nitrogens with zero attached hydrogens (tertiary/aromatic N) is 2. The van der Waals surface area contributed by atoms with Gasteiger partial charge in [0, 0.05) is 23.4 Å². The normalized spacial score (nSPS) is 18.3. The number of thiophene rings is 1. The summed E-state index contributed by atoms with van der Waals surface area (Å²) in [4.78, 5) is 31.0. The molecule has 2 aromatic rings. The summed E-state index contributed by atoms with van der Waals surface area (Å²) in [5.41, 5.74) is 2.37. The lowest BCUT2D eigenvalue weighted by atomic mass is 10.00. The average molecular weight is 427 g/mol. The second kappa shape index (κ2) is 8.80. The predicted molar refractivity (Wildman–Crippen MR) is 119 cm³/mol. The molecule has 2 aliphatic rings. The number of hydrogen-bond acceptors (Lipinski definition) is 4. The molecule has 0 spiro atoms. The summed E-state index contributed by atoms with van der Waals surface area (Å²) in [6.45, 7) is 7.11. The second-order valence-corrected chi connectivity index (χ2v) is 9.63. The van der Waals surface area contributed by atoms with Crippen molar-refractivity contribution in [1.29, 1.82) is 0 Å². The largest absolute Gasteiger partial charge is 0.491 e. The van der Waals surface area contributed by atoms with Gasteiger partial charge in [0.25, 0.3) is 0 Å². The molecule has 1 saturated carbocycles. The molecule has 0 bridgehead atoms. The highest BCUT2D eigenvalue weighted by molar-refractivity contribution is 7.10. The summed E-state index contributed by atoms with van der Waals surface area (Å²) >= 11 is 1.75. The van der Waals surface area contributed by atoms with Gasteiger partial charge in [-0.2, -0.15) is 0 Å². The van der Waals surface area contributed by atoms with Gasteiger partial charge in [-0.3, -0.25) is 9.59 Å². The van der Waals surface area contributed by atoms with Crippen LogP contribution in [0.15, 0.2) is 35.7 Å². The minimum absolute atomic E-state index is 0.0188. The van der Waals surface area contributed by atoms with E-state index >= 15 is 0 Å². The smallest absolute Gasteiger partial charge is 0.242 e. The van der Waals surface area contributed by atoms with Gasteiger partial charge in [0.2, 0.25) is 11.8 Å². The molecule has 6 heteroatoms. The van der Waals surface area contributed by atoms with Gasteiger partial charge in [-0.05, 0) is 55.3 Å². The topological polar surface area (TPSA) is 49.9 Å². The molecule has 30 heavy (non-hydrogen) atoms. The quantitative estimate of drug-likeness (QED) is 0.666. The van der Waals surface area contributed by atoms with Crippen molar-refractivity contribution >= 4 is 23.2 Å². The fraction of sp³-hybridized carbons (Fsp3) is 0.500. The summed E-state index contributed by atoms with van der Waals surface area (Å²) in [5, 5.41) is 2.09. The van der Waals surface area contributed by atoms with Crippen molar-refractivity contribution in [3.8, 4) is 5.75 Å². The molecule has 1 fully saturated rings. The lowest BCUT2D eigenvalue weighted by molar-refractivity contribution is -0.144. The fourth-order valence-electron chi connectivity index (χ4n) is 4.03. The van der Waals surface area contributed by atoms with Gasteiger partial charge >= 0.3 is 0 Å². The molecular formula is C24H30N2O3S. The van der Waals surface area contributed by atoms with Crippen molar-refractivity contribution in [3.63, 3.8) is 0 Å². The standard InChI is InChI=1S/C24H30N2O3S/c1-16(2)24(28)26(18-6-7-18)14-23(27)25-12-10-22-20(11-13-30-22)21(25)15-29-19-8-4-17(3)5-9-19/h4-5,8-9,11,13,16,18,21H,6-7,10,12,14-15H2,1-3H3/t21-/m0/s1. The maximum atomic E-state index is 13.3. The van der Waals surface area contributed by atoms with Crippen molar-refractivity contribution < 1.29 is 14.3 Å². The monoisotopic (exact) mass is 426 g/mol. The second-order valence-electron chi connectivity index (χ2n) is 8.63. The van der Waals surface area contributed by atoms with Gasteiger partial charge in [-0.1, -0.05) is 31.5 Å². The molecule has 5 nitrogen and oxygen atoms in total. The van der Waals surface area contributed by atoms with Crippen LogP contribution in [0.4, 0.5) is 0 Å². The van der Waals surface area contributed by atoms with Gasteiger partial charge in [0.1, 0.15) is 18.9 Å². The molecule has 2 heterocycles. The lowest BCUT2D eigenvalue weighted by Crippen LogP contribution is -2.49. The summed E-state index contributed by atoms with van der Waals surface area (Å²) in [6.07, 6.45) is 2.86. The third kappa shape index (κ3) is 4.53. The Kier molecular flexibility index (Phi) is 6.14. The van der Waals surface area contributed by atoms with Crippen LogP contribution < -0.4 is 4.74 Å². The molecule has 4 rings (SSSR count). The first-order valence-electron chi connectivity index (χ1n) is 10.8. The van der Waals surface area contributed by atoms with Crippen molar-refractivity contribution in [1.82, 2.24) is 9.80 Å². The van der Waals surface area contributed by atoms with Crippen molar-refractivity contribution in [2.45, 2.75) is 52.1 Å².